The molecule has 0 bridgehead atoms. The molecule has 1 aliphatic heterocycles. The highest BCUT2D eigenvalue weighted by Crippen LogP contribution is 2.36. The van der Waals surface area contributed by atoms with Gasteiger partial charge in [0.1, 0.15) is 0 Å². The lowest BCUT2D eigenvalue weighted by Crippen LogP contribution is -2.35. The SMILES string of the molecule is COC(=O)C1CNC(C)c2[nH]c3ccccc3c21. The number of carbonyl (C=O) groups excluding carboxylic acids is 1. The number of ether oxygens (including phenoxy) is 1. The second-order valence-corrected chi connectivity index (χ2v) is 4.70. The molecule has 0 amide bonds. The summed E-state index contributed by atoms with van der Waals surface area (Å²) < 4.78 is 4.91. The molecule has 4 heteroatoms. The van der Waals surface area contributed by atoms with Crippen LogP contribution in [0, 0.1) is 0 Å². The van der Waals surface area contributed by atoms with Crippen LogP contribution < -0.4 is 5.32 Å². The number of aromatic amines is 1. The molecular formula is C14H16N2O2. The van der Waals surface area contributed by atoms with Crippen LogP contribution in [0.15, 0.2) is 24.3 Å². The fraction of sp³-hybridized carbons (Fsp3) is 0.357. The Hall–Kier alpha value is -1.81. The number of aromatic nitrogens is 1. The molecule has 2 aromatic rings. The van der Waals surface area contributed by atoms with Crippen LogP contribution in [-0.2, 0) is 9.53 Å². The van der Waals surface area contributed by atoms with Crippen LogP contribution in [0.25, 0.3) is 10.9 Å². The smallest absolute Gasteiger partial charge is 0.314 e. The molecule has 2 N–H and O–H groups in total. The summed E-state index contributed by atoms with van der Waals surface area (Å²) in [7, 11) is 1.44. The lowest BCUT2D eigenvalue weighted by Gasteiger charge is -2.26. The zero-order valence-electron chi connectivity index (χ0n) is 10.5. The van der Waals surface area contributed by atoms with Crippen molar-refractivity contribution in [2.75, 3.05) is 13.7 Å². The Labute approximate surface area is 105 Å². The number of methoxy groups -OCH3 is 1. The van der Waals surface area contributed by atoms with E-state index in [1.54, 1.807) is 0 Å². The molecule has 0 radical (unpaired) electrons. The third-order valence-corrected chi connectivity index (χ3v) is 3.67. The zero-order valence-corrected chi connectivity index (χ0v) is 10.5. The first-order valence-corrected chi connectivity index (χ1v) is 6.14. The summed E-state index contributed by atoms with van der Waals surface area (Å²) in [5, 5.41) is 4.45. The Morgan fingerprint density at radius 2 is 2.17 bits per heavy atom. The van der Waals surface area contributed by atoms with Gasteiger partial charge in [-0.3, -0.25) is 4.79 Å². The Bertz CT molecular complexity index is 603. The van der Waals surface area contributed by atoms with E-state index in [1.165, 1.54) is 7.11 Å². The van der Waals surface area contributed by atoms with Crippen molar-refractivity contribution in [1.82, 2.24) is 10.3 Å². The first-order chi connectivity index (χ1) is 8.72. The molecule has 0 fully saturated rings. The molecule has 2 heterocycles. The number of para-hydroxylation sites is 1. The standard InChI is InChI=1S/C14H16N2O2/c1-8-13-12(10(7-15-8)14(17)18-2)9-5-3-4-6-11(9)16-13/h3-6,8,10,15-16H,7H2,1-2H3. The minimum Gasteiger partial charge on any atom is -0.469 e. The first kappa shape index (κ1) is 11.3. The summed E-state index contributed by atoms with van der Waals surface area (Å²) in [6, 6.07) is 8.31. The van der Waals surface area contributed by atoms with E-state index in [9.17, 15) is 4.79 Å². The van der Waals surface area contributed by atoms with Gasteiger partial charge >= 0.3 is 5.97 Å². The Morgan fingerprint density at radius 3 is 2.94 bits per heavy atom. The molecule has 2 atom stereocenters. The number of nitrogens with one attached hydrogen (secondary N) is 2. The van der Waals surface area contributed by atoms with E-state index in [0.717, 1.165) is 22.2 Å². The number of carbonyl (C=O) groups is 1. The van der Waals surface area contributed by atoms with Crippen molar-refractivity contribution < 1.29 is 9.53 Å². The van der Waals surface area contributed by atoms with Crippen LogP contribution in [0.2, 0.25) is 0 Å². The van der Waals surface area contributed by atoms with E-state index in [4.69, 9.17) is 4.74 Å². The van der Waals surface area contributed by atoms with Crippen molar-refractivity contribution in [2.24, 2.45) is 0 Å². The lowest BCUT2D eigenvalue weighted by molar-refractivity contribution is -0.142. The third-order valence-electron chi connectivity index (χ3n) is 3.67. The largest absolute Gasteiger partial charge is 0.469 e. The van der Waals surface area contributed by atoms with Crippen LogP contribution in [0.5, 0.6) is 0 Å². The van der Waals surface area contributed by atoms with Crippen LogP contribution in [0.3, 0.4) is 0 Å². The Morgan fingerprint density at radius 1 is 1.39 bits per heavy atom. The molecule has 1 aromatic heterocycles. The fourth-order valence-electron chi connectivity index (χ4n) is 2.74. The van der Waals surface area contributed by atoms with Crippen molar-refractivity contribution in [3.63, 3.8) is 0 Å². The van der Waals surface area contributed by atoms with Crippen molar-refractivity contribution in [3.8, 4) is 0 Å². The van der Waals surface area contributed by atoms with Crippen LogP contribution in [0.4, 0.5) is 0 Å². The number of hydrogen-bond donors (Lipinski definition) is 2. The van der Waals surface area contributed by atoms with Gasteiger partial charge in [-0.05, 0) is 18.6 Å². The summed E-state index contributed by atoms with van der Waals surface area (Å²) in [6.45, 7) is 2.73. The van der Waals surface area contributed by atoms with E-state index < -0.39 is 0 Å². The van der Waals surface area contributed by atoms with E-state index in [1.807, 2.05) is 18.2 Å². The number of esters is 1. The maximum atomic E-state index is 11.9. The number of fused-ring (bicyclic) bond motifs is 3. The summed E-state index contributed by atoms with van der Waals surface area (Å²) in [5.41, 5.74) is 3.26. The molecule has 0 spiro atoms. The second kappa shape index (κ2) is 4.14. The minimum absolute atomic E-state index is 0.180. The van der Waals surface area contributed by atoms with Crippen LogP contribution >= 0.6 is 0 Å². The maximum absolute atomic E-state index is 11.9. The second-order valence-electron chi connectivity index (χ2n) is 4.70. The van der Waals surface area contributed by atoms with Gasteiger partial charge in [-0.2, -0.15) is 0 Å². The van der Waals surface area contributed by atoms with E-state index in [0.29, 0.717) is 6.54 Å². The summed E-state index contributed by atoms with van der Waals surface area (Å²) >= 11 is 0. The Balaban J connectivity index is 2.23. The van der Waals surface area contributed by atoms with Crippen LogP contribution in [0.1, 0.15) is 30.1 Å². The topological polar surface area (TPSA) is 54.1 Å². The number of benzene rings is 1. The van der Waals surface area contributed by atoms with Gasteiger partial charge in [0.25, 0.3) is 0 Å². The Kier molecular flexibility index (Phi) is 2.59. The molecule has 2 unspecified atom stereocenters. The molecule has 0 aliphatic carbocycles. The monoisotopic (exact) mass is 244 g/mol. The molecular weight excluding hydrogens is 228 g/mol. The first-order valence-electron chi connectivity index (χ1n) is 6.14. The highest BCUT2D eigenvalue weighted by Gasteiger charge is 2.33. The molecule has 3 rings (SSSR count). The van der Waals surface area contributed by atoms with Gasteiger partial charge in [0, 0.05) is 29.2 Å². The predicted molar refractivity (Wildman–Crippen MR) is 69.5 cm³/mol. The van der Waals surface area contributed by atoms with Gasteiger partial charge in [-0.25, -0.2) is 0 Å². The quantitative estimate of drug-likeness (QED) is 0.755. The predicted octanol–water partition coefficient (Wildman–Crippen LogP) is 2.09. The molecule has 1 aromatic carbocycles. The van der Waals surface area contributed by atoms with Gasteiger partial charge in [-0.1, -0.05) is 18.2 Å². The molecule has 0 saturated heterocycles. The summed E-state index contributed by atoms with van der Waals surface area (Å²) in [5.74, 6) is -0.405. The minimum atomic E-state index is -0.225. The summed E-state index contributed by atoms with van der Waals surface area (Å²) in [6.07, 6.45) is 0. The number of hydrogen-bond acceptors (Lipinski definition) is 3. The third kappa shape index (κ3) is 1.53. The normalized spacial score (nSPS) is 22.8. The zero-order chi connectivity index (χ0) is 12.7. The van der Waals surface area contributed by atoms with Gasteiger partial charge < -0.3 is 15.0 Å². The van der Waals surface area contributed by atoms with Crippen LogP contribution in [-0.4, -0.2) is 24.6 Å². The fourth-order valence-corrected chi connectivity index (χ4v) is 2.74. The average Bonchev–Trinajstić information content (AvgIpc) is 2.79. The number of H-pyrrole nitrogens is 1. The molecule has 4 nitrogen and oxygen atoms in total. The molecule has 18 heavy (non-hydrogen) atoms. The van der Waals surface area contributed by atoms with Gasteiger partial charge in [0.2, 0.25) is 0 Å². The van der Waals surface area contributed by atoms with Crippen molar-refractivity contribution >= 4 is 16.9 Å². The van der Waals surface area contributed by atoms with Gasteiger partial charge in [0.05, 0.1) is 13.0 Å². The van der Waals surface area contributed by atoms with Gasteiger partial charge in [0.15, 0.2) is 0 Å². The highest BCUT2D eigenvalue weighted by molar-refractivity contribution is 5.92. The molecule has 1 aliphatic rings. The summed E-state index contributed by atoms with van der Waals surface area (Å²) in [4.78, 5) is 15.3. The van der Waals surface area contributed by atoms with Crippen molar-refractivity contribution in [1.29, 1.82) is 0 Å². The van der Waals surface area contributed by atoms with Crippen molar-refractivity contribution in [3.05, 3.63) is 35.5 Å². The highest BCUT2D eigenvalue weighted by atomic mass is 16.5. The average molecular weight is 244 g/mol. The van der Waals surface area contributed by atoms with Gasteiger partial charge in [-0.15, -0.1) is 0 Å². The number of rotatable bonds is 1. The maximum Gasteiger partial charge on any atom is 0.314 e. The van der Waals surface area contributed by atoms with E-state index in [-0.39, 0.29) is 17.9 Å². The lowest BCUT2D eigenvalue weighted by atomic mass is 9.90. The van der Waals surface area contributed by atoms with E-state index in [2.05, 4.69) is 23.3 Å². The molecule has 0 saturated carbocycles. The van der Waals surface area contributed by atoms with E-state index >= 15 is 0 Å². The molecule has 94 valence electrons. The van der Waals surface area contributed by atoms with Crippen molar-refractivity contribution in [2.45, 2.75) is 18.9 Å².